The lowest BCUT2D eigenvalue weighted by molar-refractivity contribution is -0.121. The van der Waals surface area contributed by atoms with Crippen LogP contribution in [0.4, 0.5) is 0 Å². The molecule has 1 N–H and O–H groups in total. The van der Waals surface area contributed by atoms with E-state index < -0.39 is 0 Å². The quantitative estimate of drug-likeness (QED) is 0.481. The minimum atomic E-state index is 0.111. The third-order valence-corrected chi connectivity index (χ3v) is 2.09. The summed E-state index contributed by atoms with van der Waals surface area (Å²) < 4.78 is 0. The standard InChI is InChI=1S/C13H21NO/c1-4-7-8-10-13(15)14-11-12(6-3)9-5-2/h5-6,9H,2-4,7-8,10-11H2,1H3,(H,14,15)/b12-9+. The minimum absolute atomic E-state index is 0.111. The number of hydrogen-bond acceptors (Lipinski definition) is 1. The highest BCUT2D eigenvalue weighted by Crippen LogP contribution is 1.99. The number of carbonyl (C=O) groups is 1. The fourth-order valence-corrected chi connectivity index (χ4v) is 1.18. The van der Waals surface area contributed by atoms with Gasteiger partial charge in [0.25, 0.3) is 0 Å². The Hall–Kier alpha value is -1.31. The number of amides is 1. The van der Waals surface area contributed by atoms with E-state index >= 15 is 0 Å². The van der Waals surface area contributed by atoms with Crippen LogP contribution in [0.5, 0.6) is 0 Å². The highest BCUT2D eigenvalue weighted by Gasteiger charge is 2.00. The van der Waals surface area contributed by atoms with Crippen molar-refractivity contribution < 1.29 is 4.79 Å². The smallest absolute Gasteiger partial charge is 0.220 e. The van der Waals surface area contributed by atoms with Crippen LogP contribution in [-0.4, -0.2) is 12.5 Å². The molecule has 1 amide bonds. The van der Waals surface area contributed by atoms with Crippen LogP contribution in [0.3, 0.4) is 0 Å². The molecule has 0 unspecified atom stereocenters. The van der Waals surface area contributed by atoms with E-state index in [1.807, 2.05) is 6.08 Å². The molecule has 0 bridgehead atoms. The van der Waals surface area contributed by atoms with Gasteiger partial charge in [-0.1, -0.05) is 51.2 Å². The first-order chi connectivity index (χ1) is 7.24. The summed E-state index contributed by atoms with van der Waals surface area (Å²) in [6.07, 6.45) is 9.11. The van der Waals surface area contributed by atoms with Crippen LogP contribution < -0.4 is 5.32 Å². The van der Waals surface area contributed by atoms with Crippen molar-refractivity contribution in [1.29, 1.82) is 0 Å². The molecule has 0 saturated carbocycles. The van der Waals surface area contributed by atoms with Crippen LogP contribution in [0, 0.1) is 0 Å². The minimum Gasteiger partial charge on any atom is -0.352 e. The molecule has 0 aliphatic carbocycles. The number of carbonyl (C=O) groups excluding carboxylic acids is 1. The predicted molar refractivity (Wildman–Crippen MR) is 65.6 cm³/mol. The van der Waals surface area contributed by atoms with Gasteiger partial charge < -0.3 is 5.32 Å². The Morgan fingerprint density at radius 3 is 2.60 bits per heavy atom. The Balaban J connectivity index is 3.73. The first-order valence-electron chi connectivity index (χ1n) is 5.45. The maximum Gasteiger partial charge on any atom is 0.220 e. The van der Waals surface area contributed by atoms with E-state index in [2.05, 4.69) is 25.4 Å². The monoisotopic (exact) mass is 207 g/mol. The first kappa shape index (κ1) is 13.7. The summed E-state index contributed by atoms with van der Waals surface area (Å²) in [5, 5.41) is 2.85. The molecule has 0 spiro atoms. The van der Waals surface area contributed by atoms with E-state index in [9.17, 15) is 4.79 Å². The summed E-state index contributed by atoms with van der Waals surface area (Å²) in [4.78, 5) is 11.3. The second kappa shape index (κ2) is 9.25. The van der Waals surface area contributed by atoms with E-state index in [1.165, 1.54) is 0 Å². The molecule has 2 heteroatoms. The van der Waals surface area contributed by atoms with Gasteiger partial charge >= 0.3 is 0 Å². The van der Waals surface area contributed by atoms with Crippen molar-refractivity contribution in [1.82, 2.24) is 5.32 Å². The van der Waals surface area contributed by atoms with Gasteiger partial charge in [-0.15, -0.1) is 0 Å². The molecule has 0 aromatic heterocycles. The van der Waals surface area contributed by atoms with E-state index in [4.69, 9.17) is 0 Å². The van der Waals surface area contributed by atoms with Gasteiger partial charge in [-0.2, -0.15) is 0 Å². The first-order valence-corrected chi connectivity index (χ1v) is 5.45. The van der Waals surface area contributed by atoms with E-state index in [0.29, 0.717) is 13.0 Å². The van der Waals surface area contributed by atoms with Gasteiger partial charge in [-0.05, 0) is 12.0 Å². The molecule has 0 radical (unpaired) electrons. The van der Waals surface area contributed by atoms with Crippen LogP contribution in [0.1, 0.15) is 32.6 Å². The number of rotatable bonds is 8. The fourth-order valence-electron chi connectivity index (χ4n) is 1.18. The van der Waals surface area contributed by atoms with Crippen molar-refractivity contribution in [2.75, 3.05) is 6.54 Å². The Bertz CT molecular complexity index is 241. The molecule has 0 aromatic carbocycles. The zero-order valence-corrected chi connectivity index (χ0v) is 9.59. The molecule has 15 heavy (non-hydrogen) atoms. The highest BCUT2D eigenvalue weighted by atomic mass is 16.1. The lowest BCUT2D eigenvalue weighted by atomic mass is 10.2. The largest absolute Gasteiger partial charge is 0.352 e. The van der Waals surface area contributed by atoms with Crippen molar-refractivity contribution >= 4 is 5.91 Å². The molecule has 0 fully saturated rings. The normalized spacial score (nSPS) is 10.9. The Morgan fingerprint density at radius 1 is 1.33 bits per heavy atom. The molecule has 0 aliphatic rings. The fraction of sp³-hybridized carbons (Fsp3) is 0.462. The lowest BCUT2D eigenvalue weighted by Gasteiger charge is -2.05. The van der Waals surface area contributed by atoms with Crippen LogP contribution in [0.15, 0.2) is 37.0 Å². The van der Waals surface area contributed by atoms with Crippen LogP contribution in [0.2, 0.25) is 0 Å². The van der Waals surface area contributed by atoms with Gasteiger partial charge in [-0.25, -0.2) is 0 Å². The van der Waals surface area contributed by atoms with Crippen LogP contribution in [0.25, 0.3) is 0 Å². The summed E-state index contributed by atoms with van der Waals surface area (Å²) in [5.41, 5.74) is 0.980. The molecule has 0 aromatic rings. The molecule has 0 atom stereocenters. The highest BCUT2D eigenvalue weighted by molar-refractivity contribution is 5.76. The van der Waals surface area contributed by atoms with Gasteiger partial charge in [0.1, 0.15) is 0 Å². The van der Waals surface area contributed by atoms with Gasteiger partial charge in [0.15, 0.2) is 0 Å². The van der Waals surface area contributed by atoms with Crippen molar-refractivity contribution in [3.63, 3.8) is 0 Å². The Kier molecular flexibility index (Phi) is 8.44. The predicted octanol–water partition coefficient (Wildman–Crippen LogP) is 2.98. The maximum absolute atomic E-state index is 11.3. The summed E-state index contributed by atoms with van der Waals surface area (Å²) in [5.74, 6) is 0.111. The summed E-state index contributed by atoms with van der Waals surface area (Å²) >= 11 is 0. The number of nitrogens with one attached hydrogen (secondary N) is 1. The van der Waals surface area contributed by atoms with E-state index in [1.54, 1.807) is 12.2 Å². The zero-order valence-electron chi connectivity index (χ0n) is 9.59. The summed E-state index contributed by atoms with van der Waals surface area (Å²) in [7, 11) is 0. The SMILES string of the molecule is C=C/C=C(\C=C)CNC(=O)CCCCC. The molecular weight excluding hydrogens is 186 g/mol. The average Bonchev–Trinajstić information content (AvgIpc) is 2.24. The molecule has 0 saturated heterocycles. The van der Waals surface area contributed by atoms with E-state index in [0.717, 1.165) is 24.8 Å². The van der Waals surface area contributed by atoms with Gasteiger partial charge in [0, 0.05) is 13.0 Å². The average molecular weight is 207 g/mol. The Morgan fingerprint density at radius 2 is 2.07 bits per heavy atom. The second-order valence-electron chi connectivity index (χ2n) is 3.42. The van der Waals surface area contributed by atoms with Crippen molar-refractivity contribution in [2.45, 2.75) is 32.6 Å². The molecule has 0 heterocycles. The molecule has 84 valence electrons. The lowest BCUT2D eigenvalue weighted by Crippen LogP contribution is -2.24. The maximum atomic E-state index is 11.3. The number of allylic oxidation sites excluding steroid dienone is 2. The third kappa shape index (κ3) is 7.74. The molecule has 0 rings (SSSR count). The number of unbranched alkanes of at least 4 members (excludes halogenated alkanes) is 2. The summed E-state index contributed by atoms with van der Waals surface area (Å²) in [6, 6.07) is 0. The second-order valence-corrected chi connectivity index (χ2v) is 3.42. The van der Waals surface area contributed by atoms with Gasteiger partial charge in [0.2, 0.25) is 5.91 Å². The van der Waals surface area contributed by atoms with Gasteiger partial charge in [-0.3, -0.25) is 4.79 Å². The Labute approximate surface area is 92.8 Å². The van der Waals surface area contributed by atoms with Crippen LogP contribution in [-0.2, 0) is 4.79 Å². The van der Waals surface area contributed by atoms with Gasteiger partial charge in [0.05, 0.1) is 0 Å². The van der Waals surface area contributed by atoms with Crippen molar-refractivity contribution in [3.8, 4) is 0 Å². The summed E-state index contributed by atoms with van der Waals surface area (Å²) in [6.45, 7) is 9.93. The van der Waals surface area contributed by atoms with E-state index in [-0.39, 0.29) is 5.91 Å². The van der Waals surface area contributed by atoms with Crippen LogP contribution >= 0.6 is 0 Å². The molecule has 2 nitrogen and oxygen atoms in total. The molecular formula is C13H21NO. The topological polar surface area (TPSA) is 29.1 Å². The molecule has 0 aliphatic heterocycles. The third-order valence-electron chi connectivity index (χ3n) is 2.09. The van der Waals surface area contributed by atoms with Crippen molar-refractivity contribution in [3.05, 3.63) is 37.0 Å². The van der Waals surface area contributed by atoms with Crippen molar-refractivity contribution in [2.24, 2.45) is 0 Å². The zero-order chi connectivity index (χ0) is 11.5. The number of hydrogen-bond donors (Lipinski definition) is 1.